The van der Waals surface area contributed by atoms with Crippen molar-refractivity contribution >= 4 is 39.2 Å². The van der Waals surface area contributed by atoms with Gasteiger partial charge in [-0.15, -0.1) is 11.3 Å². The SMILES string of the molecule is CC[C@H](C)Cc1c(C)sc2nc(SCC(=O)N(C)C(C)(C)C#N)[nH]c(=O)c12. The Labute approximate surface area is 168 Å². The van der Waals surface area contributed by atoms with Crippen LogP contribution in [0.1, 0.15) is 44.6 Å². The minimum Gasteiger partial charge on any atom is -0.327 e. The van der Waals surface area contributed by atoms with E-state index in [1.165, 1.54) is 28.0 Å². The molecular weight excluding hydrogens is 380 g/mol. The molecule has 2 aromatic heterocycles. The van der Waals surface area contributed by atoms with E-state index in [0.29, 0.717) is 16.5 Å². The summed E-state index contributed by atoms with van der Waals surface area (Å²) in [5.41, 5.74) is 0.0579. The second kappa shape index (κ2) is 8.44. The van der Waals surface area contributed by atoms with Gasteiger partial charge in [-0.3, -0.25) is 9.59 Å². The molecule has 0 aliphatic rings. The number of aromatic nitrogens is 2. The average Bonchev–Trinajstić information content (AvgIpc) is 2.94. The number of rotatable bonds is 7. The number of nitrogens with zero attached hydrogens (tertiary/aromatic N) is 3. The number of carbonyl (C=O) groups is 1. The van der Waals surface area contributed by atoms with Crippen LogP contribution in [0.4, 0.5) is 0 Å². The van der Waals surface area contributed by atoms with Gasteiger partial charge in [-0.25, -0.2) is 4.98 Å². The molecule has 6 nitrogen and oxygen atoms in total. The van der Waals surface area contributed by atoms with Crippen molar-refractivity contribution < 1.29 is 4.79 Å². The monoisotopic (exact) mass is 406 g/mol. The lowest BCUT2D eigenvalue weighted by atomic mass is 9.98. The molecule has 8 heteroatoms. The number of nitrogens with one attached hydrogen (secondary N) is 1. The number of amides is 1. The predicted octanol–water partition coefficient (Wildman–Crippen LogP) is 3.73. The van der Waals surface area contributed by atoms with Crippen LogP contribution in [0.5, 0.6) is 0 Å². The van der Waals surface area contributed by atoms with E-state index in [2.05, 4.69) is 29.9 Å². The Kier molecular flexibility index (Phi) is 6.71. The molecule has 0 spiro atoms. The molecule has 0 fully saturated rings. The van der Waals surface area contributed by atoms with Crippen molar-refractivity contribution in [2.45, 2.75) is 58.2 Å². The molecule has 1 N–H and O–H groups in total. The fourth-order valence-corrected chi connectivity index (χ4v) is 4.46. The molecule has 2 rings (SSSR count). The fraction of sp³-hybridized carbons (Fsp3) is 0.579. The van der Waals surface area contributed by atoms with E-state index in [1.54, 1.807) is 20.9 Å². The van der Waals surface area contributed by atoms with Gasteiger partial charge in [-0.2, -0.15) is 5.26 Å². The minimum absolute atomic E-state index is 0.111. The topological polar surface area (TPSA) is 89.8 Å². The summed E-state index contributed by atoms with van der Waals surface area (Å²) in [4.78, 5) is 35.6. The smallest absolute Gasteiger partial charge is 0.260 e. The maximum Gasteiger partial charge on any atom is 0.260 e. The van der Waals surface area contributed by atoms with Gasteiger partial charge in [0.25, 0.3) is 5.56 Å². The summed E-state index contributed by atoms with van der Waals surface area (Å²) in [7, 11) is 1.61. The van der Waals surface area contributed by atoms with E-state index in [0.717, 1.165) is 28.1 Å². The molecule has 0 radical (unpaired) electrons. The van der Waals surface area contributed by atoms with Crippen molar-refractivity contribution in [3.05, 3.63) is 20.8 Å². The number of nitriles is 1. The van der Waals surface area contributed by atoms with Crippen LogP contribution < -0.4 is 5.56 Å². The van der Waals surface area contributed by atoms with E-state index in [-0.39, 0.29) is 17.2 Å². The van der Waals surface area contributed by atoms with Gasteiger partial charge in [0.05, 0.1) is 17.2 Å². The first-order valence-electron chi connectivity index (χ1n) is 8.93. The average molecular weight is 407 g/mol. The van der Waals surface area contributed by atoms with Gasteiger partial charge in [0.2, 0.25) is 5.91 Å². The molecule has 1 atom stereocenters. The Hall–Kier alpha value is -1.85. The molecule has 2 heterocycles. The molecule has 27 heavy (non-hydrogen) atoms. The quantitative estimate of drug-likeness (QED) is 0.559. The molecule has 1 amide bonds. The van der Waals surface area contributed by atoms with Gasteiger partial charge in [0.1, 0.15) is 10.4 Å². The largest absolute Gasteiger partial charge is 0.327 e. The van der Waals surface area contributed by atoms with Crippen molar-refractivity contribution in [2.75, 3.05) is 12.8 Å². The summed E-state index contributed by atoms with van der Waals surface area (Å²) in [6, 6.07) is 2.11. The highest BCUT2D eigenvalue weighted by atomic mass is 32.2. The lowest BCUT2D eigenvalue weighted by molar-refractivity contribution is -0.130. The summed E-state index contributed by atoms with van der Waals surface area (Å²) in [6.45, 7) is 9.73. The second-order valence-corrected chi connectivity index (χ2v) is 9.49. The van der Waals surface area contributed by atoms with Gasteiger partial charge >= 0.3 is 0 Å². The van der Waals surface area contributed by atoms with Crippen molar-refractivity contribution in [3.63, 3.8) is 0 Å². The maximum absolute atomic E-state index is 12.6. The van der Waals surface area contributed by atoms with Crippen molar-refractivity contribution in [2.24, 2.45) is 5.92 Å². The van der Waals surface area contributed by atoms with E-state index < -0.39 is 5.54 Å². The third-order valence-corrected chi connectivity index (χ3v) is 6.81. The number of carbonyl (C=O) groups excluding carboxylic acids is 1. The standard InChI is InChI=1S/C19H26N4O2S2/c1-7-11(2)8-13-12(3)27-17-15(13)16(25)21-18(22-17)26-9-14(24)23(6)19(4,5)10-20/h11H,7-9H2,1-6H3,(H,21,22,25)/t11-/m0/s1. The predicted molar refractivity (Wildman–Crippen MR) is 111 cm³/mol. The van der Waals surface area contributed by atoms with Crippen LogP contribution in [-0.4, -0.2) is 39.1 Å². The zero-order valence-corrected chi connectivity index (χ0v) is 18.3. The first-order valence-corrected chi connectivity index (χ1v) is 10.7. The Morgan fingerprint density at radius 1 is 1.48 bits per heavy atom. The number of thiophene rings is 1. The van der Waals surface area contributed by atoms with Crippen molar-refractivity contribution in [1.82, 2.24) is 14.9 Å². The van der Waals surface area contributed by atoms with Crippen LogP contribution >= 0.6 is 23.1 Å². The number of fused-ring (bicyclic) bond motifs is 1. The van der Waals surface area contributed by atoms with E-state index in [9.17, 15) is 9.59 Å². The Morgan fingerprint density at radius 3 is 2.74 bits per heavy atom. The lowest BCUT2D eigenvalue weighted by Gasteiger charge is -2.28. The first-order chi connectivity index (χ1) is 12.6. The fourth-order valence-electron chi connectivity index (χ4n) is 2.58. The number of H-pyrrole nitrogens is 1. The molecule has 2 aromatic rings. The molecule has 0 aromatic carbocycles. The number of thioether (sulfide) groups is 1. The summed E-state index contributed by atoms with van der Waals surface area (Å²) in [5, 5.41) is 10.3. The van der Waals surface area contributed by atoms with Gasteiger partial charge in [0.15, 0.2) is 5.16 Å². The van der Waals surface area contributed by atoms with Gasteiger partial charge in [-0.1, -0.05) is 32.0 Å². The summed E-state index contributed by atoms with van der Waals surface area (Å²) in [5.74, 6) is 0.431. The lowest BCUT2D eigenvalue weighted by Crippen LogP contribution is -2.44. The van der Waals surface area contributed by atoms with Gasteiger partial charge < -0.3 is 9.88 Å². The maximum atomic E-state index is 12.6. The molecular formula is C19H26N4O2S2. The highest BCUT2D eigenvalue weighted by Gasteiger charge is 2.27. The van der Waals surface area contributed by atoms with Crippen LogP contribution in [0.15, 0.2) is 9.95 Å². The van der Waals surface area contributed by atoms with E-state index >= 15 is 0 Å². The molecule has 0 aliphatic heterocycles. The number of aromatic amines is 1. The van der Waals surface area contributed by atoms with E-state index in [1.807, 2.05) is 6.92 Å². The number of aryl methyl sites for hydroxylation is 1. The minimum atomic E-state index is -0.877. The molecule has 0 saturated carbocycles. The highest BCUT2D eigenvalue weighted by Crippen LogP contribution is 2.30. The summed E-state index contributed by atoms with van der Waals surface area (Å²) in [6.07, 6.45) is 1.93. The Balaban J connectivity index is 2.24. The van der Waals surface area contributed by atoms with Gasteiger partial charge in [0, 0.05) is 11.9 Å². The second-order valence-electron chi connectivity index (χ2n) is 7.32. The van der Waals surface area contributed by atoms with Crippen LogP contribution in [0.2, 0.25) is 0 Å². The van der Waals surface area contributed by atoms with Crippen LogP contribution in [0.3, 0.4) is 0 Å². The molecule has 0 saturated heterocycles. The zero-order valence-electron chi connectivity index (χ0n) is 16.7. The van der Waals surface area contributed by atoms with Crippen LogP contribution in [0, 0.1) is 24.2 Å². The molecule has 146 valence electrons. The summed E-state index contributed by atoms with van der Waals surface area (Å²) < 4.78 is 0. The zero-order chi connectivity index (χ0) is 20.4. The first kappa shape index (κ1) is 21.5. The Morgan fingerprint density at radius 2 is 2.15 bits per heavy atom. The third kappa shape index (κ3) is 4.71. The van der Waals surface area contributed by atoms with E-state index in [4.69, 9.17) is 5.26 Å². The van der Waals surface area contributed by atoms with Crippen LogP contribution in [-0.2, 0) is 11.2 Å². The van der Waals surface area contributed by atoms with Crippen molar-refractivity contribution in [1.29, 1.82) is 5.26 Å². The Bertz CT molecular complexity index is 940. The number of hydrogen-bond donors (Lipinski definition) is 1. The van der Waals surface area contributed by atoms with Crippen molar-refractivity contribution in [3.8, 4) is 6.07 Å². The molecule has 0 unspecified atom stereocenters. The molecule has 0 aliphatic carbocycles. The molecule has 0 bridgehead atoms. The highest BCUT2D eigenvalue weighted by molar-refractivity contribution is 7.99. The number of hydrogen-bond acceptors (Lipinski definition) is 6. The van der Waals surface area contributed by atoms with Crippen LogP contribution in [0.25, 0.3) is 10.2 Å². The third-order valence-electron chi connectivity index (χ3n) is 4.91. The normalized spacial score (nSPS) is 12.8. The summed E-state index contributed by atoms with van der Waals surface area (Å²) >= 11 is 2.71. The van der Waals surface area contributed by atoms with Gasteiger partial charge in [-0.05, 0) is 38.7 Å².